The summed E-state index contributed by atoms with van der Waals surface area (Å²) in [5.41, 5.74) is 2.80. The topological polar surface area (TPSA) is 106 Å². The number of hydrogen-bond donors (Lipinski definition) is 2. The van der Waals surface area contributed by atoms with E-state index in [4.69, 9.17) is 14.2 Å². The van der Waals surface area contributed by atoms with Gasteiger partial charge in [-0.05, 0) is 48.7 Å². The first kappa shape index (κ1) is 25.6. The number of likely N-dealkylation sites (tertiary alicyclic amines) is 1. The number of aliphatic hydroxyl groups excluding tert-OH is 1. The molecule has 2 N–H and O–H groups in total. The van der Waals surface area contributed by atoms with Crippen molar-refractivity contribution >= 4 is 17.4 Å². The van der Waals surface area contributed by atoms with Gasteiger partial charge in [-0.3, -0.25) is 9.59 Å². The number of aromatic hydroxyl groups is 1. The van der Waals surface area contributed by atoms with E-state index in [2.05, 4.69) is 0 Å². The molecule has 192 valence electrons. The fourth-order valence-electron chi connectivity index (χ4n) is 4.47. The Labute approximate surface area is 215 Å². The van der Waals surface area contributed by atoms with Gasteiger partial charge in [-0.1, -0.05) is 42.0 Å². The van der Waals surface area contributed by atoms with Crippen molar-refractivity contribution in [3.63, 3.8) is 0 Å². The number of amides is 1. The molecule has 3 aromatic carbocycles. The zero-order valence-corrected chi connectivity index (χ0v) is 21.1. The van der Waals surface area contributed by atoms with Crippen LogP contribution in [0.3, 0.4) is 0 Å². The minimum atomic E-state index is -0.879. The summed E-state index contributed by atoms with van der Waals surface area (Å²) >= 11 is 0. The second kappa shape index (κ2) is 10.7. The highest BCUT2D eigenvalue weighted by Crippen LogP contribution is 2.42. The van der Waals surface area contributed by atoms with E-state index in [1.807, 2.05) is 31.2 Å². The molecule has 1 heterocycles. The molecule has 1 unspecified atom stereocenters. The van der Waals surface area contributed by atoms with E-state index in [1.54, 1.807) is 44.6 Å². The minimum absolute atomic E-state index is 0.0195. The van der Waals surface area contributed by atoms with Gasteiger partial charge in [0.1, 0.15) is 5.76 Å². The van der Waals surface area contributed by atoms with Gasteiger partial charge in [0.05, 0.1) is 32.9 Å². The Morgan fingerprint density at radius 3 is 2.19 bits per heavy atom. The van der Waals surface area contributed by atoms with Crippen molar-refractivity contribution in [2.45, 2.75) is 19.4 Å². The van der Waals surface area contributed by atoms with E-state index in [9.17, 15) is 19.8 Å². The standard InChI is InChI=1S/C29H29NO7/c1-17-5-8-19(9-6-17)27(32)25-26(20-10-11-21(31)23(16-20)36-3)30(29(34)28(25)33)14-13-18-7-12-22(35-2)24(15-18)37-4/h5-12,15-16,26,31-32H,13-14H2,1-4H3/b27-25-. The van der Waals surface area contributed by atoms with Gasteiger partial charge in [0, 0.05) is 12.1 Å². The highest BCUT2D eigenvalue weighted by atomic mass is 16.5. The smallest absolute Gasteiger partial charge is 0.295 e. The number of hydrogen-bond acceptors (Lipinski definition) is 7. The first-order valence-electron chi connectivity index (χ1n) is 11.7. The number of methoxy groups -OCH3 is 3. The van der Waals surface area contributed by atoms with Crippen molar-refractivity contribution in [2.75, 3.05) is 27.9 Å². The fourth-order valence-corrected chi connectivity index (χ4v) is 4.47. The predicted octanol–water partition coefficient (Wildman–Crippen LogP) is 4.39. The Morgan fingerprint density at radius 2 is 1.54 bits per heavy atom. The number of aryl methyl sites for hydroxylation is 1. The van der Waals surface area contributed by atoms with Crippen molar-refractivity contribution in [1.82, 2.24) is 4.90 Å². The van der Waals surface area contributed by atoms with Crippen LogP contribution in [0, 0.1) is 6.92 Å². The third kappa shape index (κ3) is 4.95. The van der Waals surface area contributed by atoms with Gasteiger partial charge >= 0.3 is 0 Å². The largest absolute Gasteiger partial charge is 0.507 e. The lowest BCUT2D eigenvalue weighted by Crippen LogP contribution is -2.31. The number of aliphatic hydroxyl groups is 1. The highest BCUT2D eigenvalue weighted by molar-refractivity contribution is 6.46. The van der Waals surface area contributed by atoms with Crippen molar-refractivity contribution in [1.29, 1.82) is 0 Å². The van der Waals surface area contributed by atoms with Crippen LogP contribution >= 0.6 is 0 Å². The summed E-state index contributed by atoms with van der Waals surface area (Å²) in [6.45, 7) is 2.11. The van der Waals surface area contributed by atoms with Crippen LogP contribution < -0.4 is 14.2 Å². The van der Waals surface area contributed by atoms with Crippen molar-refractivity contribution in [3.05, 3.63) is 88.5 Å². The molecule has 4 rings (SSSR count). The van der Waals surface area contributed by atoms with Crippen LogP contribution in [0.4, 0.5) is 0 Å². The predicted molar refractivity (Wildman–Crippen MR) is 138 cm³/mol. The molecule has 0 aliphatic carbocycles. The van der Waals surface area contributed by atoms with E-state index >= 15 is 0 Å². The molecule has 1 amide bonds. The van der Waals surface area contributed by atoms with Crippen molar-refractivity contribution in [2.24, 2.45) is 0 Å². The molecule has 37 heavy (non-hydrogen) atoms. The van der Waals surface area contributed by atoms with Crippen LogP contribution in [0.1, 0.15) is 28.3 Å². The molecule has 1 aliphatic rings. The van der Waals surface area contributed by atoms with Crippen LogP contribution in [0.25, 0.3) is 5.76 Å². The van der Waals surface area contributed by atoms with E-state index in [1.165, 1.54) is 18.1 Å². The number of nitrogens with zero attached hydrogens (tertiary/aromatic N) is 1. The first-order chi connectivity index (χ1) is 17.8. The summed E-state index contributed by atoms with van der Waals surface area (Å²) < 4.78 is 15.9. The average molecular weight is 504 g/mol. The van der Waals surface area contributed by atoms with E-state index in [-0.39, 0.29) is 29.4 Å². The average Bonchev–Trinajstić information content (AvgIpc) is 3.16. The second-order valence-electron chi connectivity index (χ2n) is 8.73. The molecule has 1 saturated heterocycles. The lowest BCUT2D eigenvalue weighted by Gasteiger charge is -2.26. The van der Waals surface area contributed by atoms with E-state index in [0.717, 1.165) is 11.1 Å². The number of Topliss-reactive ketones (excluding diaryl/α,β-unsaturated/α-hetero) is 1. The SMILES string of the molecule is COc1cc(C2/C(=C(/O)c3ccc(C)cc3)C(=O)C(=O)N2CCc2ccc(OC)c(OC)c2)ccc1O. The summed E-state index contributed by atoms with van der Waals surface area (Å²) in [5.74, 6) is -0.495. The van der Waals surface area contributed by atoms with Crippen molar-refractivity contribution in [3.8, 4) is 23.0 Å². The molecule has 0 bridgehead atoms. The van der Waals surface area contributed by atoms with Crippen LogP contribution in [0.5, 0.6) is 23.0 Å². The van der Waals surface area contributed by atoms with Gasteiger partial charge < -0.3 is 29.3 Å². The molecule has 0 aromatic heterocycles. The number of ether oxygens (including phenoxy) is 3. The summed E-state index contributed by atoms with van der Waals surface area (Å²) in [6.07, 6.45) is 0.420. The Balaban J connectivity index is 1.78. The maximum atomic E-state index is 13.3. The number of benzene rings is 3. The Hall–Kier alpha value is -4.46. The van der Waals surface area contributed by atoms with Crippen molar-refractivity contribution < 1.29 is 34.0 Å². The molecule has 0 spiro atoms. The normalized spacial score (nSPS) is 16.6. The number of carbonyl (C=O) groups excluding carboxylic acids is 2. The fraction of sp³-hybridized carbons (Fsp3) is 0.241. The van der Waals surface area contributed by atoms with Gasteiger partial charge in [-0.2, -0.15) is 0 Å². The third-order valence-electron chi connectivity index (χ3n) is 6.47. The molecular weight excluding hydrogens is 474 g/mol. The number of ketones is 1. The number of phenolic OH excluding ortho intramolecular Hbond substituents is 1. The molecule has 0 radical (unpaired) electrons. The first-order valence-corrected chi connectivity index (χ1v) is 11.7. The summed E-state index contributed by atoms with van der Waals surface area (Å²) in [7, 11) is 4.51. The Morgan fingerprint density at radius 1 is 0.865 bits per heavy atom. The molecule has 0 saturated carbocycles. The monoisotopic (exact) mass is 503 g/mol. The molecule has 1 aliphatic heterocycles. The Bertz CT molecular complexity index is 1360. The summed E-state index contributed by atoms with van der Waals surface area (Å²) in [4.78, 5) is 28.0. The van der Waals surface area contributed by atoms with Gasteiger partial charge in [-0.25, -0.2) is 0 Å². The third-order valence-corrected chi connectivity index (χ3v) is 6.47. The van der Waals surface area contributed by atoms with Gasteiger partial charge in [0.25, 0.3) is 11.7 Å². The molecule has 1 fully saturated rings. The number of phenols is 1. The second-order valence-corrected chi connectivity index (χ2v) is 8.73. The molecule has 1 atom stereocenters. The maximum absolute atomic E-state index is 13.3. The van der Waals surface area contributed by atoms with Gasteiger partial charge in [0.15, 0.2) is 23.0 Å². The lowest BCUT2D eigenvalue weighted by atomic mass is 9.94. The zero-order valence-electron chi connectivity index (χ0n) is 21.1. The van der Waals surface area contributed by atoms with E-state index < -0.39 is 17.7 Å². The van der Waals surface area contributed by atoms with Crippen LogP contribution in [-0.2, 0) is 16.0 Å². The summed E-state index contributed by atoms with van der Waals surface area (Å²) in [6, 6.07) is 16.3. The maximum Gasteiger partial charge on any atom is 0.295 e. The lowest BCUT2D eigenvalue weighted by molar-refractivity contribution is -0.139. The van der Waals surface area contributed by atoms with E-state index in [0.29, 0.717) is 29.0 Å². The Kier molecular flexibility index (Phi) is 7.38. The molecule has 8 heteroatoms. The van der Waals surface area contributed by atoms with Crippen LogP contribution in [0.2, 0.25) is 0 Å². The molecule has 8 nitrogen and oxygen atoms in total. The quantitative estimate of drug-likeness (QED) is 0.267. The molecular formula is C29H29NO7. The highest BCUT2D eigenvalue weighted by Gasteiger charge is 2.46. The molecule has 3 aromatic rings. The van der Waals surface area contributed by atoms with Gasteiger partial charge in [-0.15, -0.1) is 0 Å². The summed E-state index contributed by atoms with van der Waals surface area (Å²) in [5, 5.41) is 21.3. The zero-order chi connectivity index (χ0) is 26.7. The minimum Gasteiger partial charge on any atom is -0.507 e. The van der Waals surface area contributed by atoms with Crippen LogP contribution in [-0.4, -0.2) is 54.7 Å². The number of carbonyl (C=O) groups is 2. The van der Waals surface area contributed by atoms with Crippen LogP contribution in [0.15, 0.2) is 66.2 Å². The van der Waals surface area contributed by atoms with Gasteiger partial charge in [0.2, 0.25) is 0 Å². The number of rotatable bonds is 8.